The van der Waals surface area contributed by atoms with Gasteiger partial charge in [0.2, 0.25) is 5.78 Å². The molecule has 0 bridgehead atoms. The molecular formula is C30H22ClF3N2O3S. The van der Waals surface area contributed by atoms with Crippen LogP contribution in [0.4, 0.5) is 18.9 Å². The molecule has 2 N–H and O–H groups in total. The van der Waals surface area contributed by atoms with Gasteiger partial charge in [0.25, 0.3) is 0 Å². The van der Waals surface area contributed by atoms with Gasteiger partial charge in [0.15, 0.2) is 0 Å². The second-order valence-electron chi connectivity index (χ2n) is 9.42. The summed E-state index contributed by atoms with van der Waals surface area (Å²) in [4.78, 5) is 29.8. The molecule has 204 valence electrons. The number of hydrogen-bond acceptors (Lipinski definition) is 5. The number of benzene rings is 3. The standard InChI is InChI=1S/C30H22ClF3N2O3S/c31-21-9-6-18(7-10-21)27(17-4-5-17)36-22-11-12-25(35-16-22)28(37)19-8-13-26(24(14-19)29(38)39)40-23-3-1-2-20(15-23)30(32,33)34/h1-3,6-17,27,36H,4-5H2,(H,38,39). The summed E-state index contributed by atoms with van der Waals surface area (Å²) < 4.78 is 39.2. The number of hydrogen-bond donors (Lipinski definition) is 2. The van der Waals surface area contributed by atoms with Crippen LogP contribution in [0.2, 0.25) is 5.02 Å². The van der Waals surface area contributed by atoms with Crippen molar-refractivity contribution in [3.8, 4) is 0 Å². The van der Waals surface area contributed by atoms with E-state index in [-0.39, 0.29) is 32.7 Å². The maximum atomic E-state index is 13.1. The van der Waals surface area contributed by atoms with Crippen molar-refractivity contribution >= 4 is 40.8 Å². The van der Waals surface area contributed by atoms with E-state index in [0.717, 1.165) is 48.0 Å². The number of pyridine rings is 1. The van der Waals surface area contributed by atoms with Crippen molar-refractivity contribution < 1.29 is 27.9 Å². The number of alkyl halides is 3. The lowest BCUT2D eigenvalue weighted by atomic mass is 10.0. The zero-order valence-corrected chi connectivity index (χ0v) is 22.4. The van der Waals surface area contributed by atoms with E-state index in [9.17, 15) is 27.9 Å². The van der Waals surface area contributed by atoms with Crippen molar-refractivity contribution in [2.24, 2.45) is 5.92 Å². The van der Waals surface area contributed by atoms with Crippen LogP contribution in [0.15, 0.2) is 94.9 Å². The summed E-state index contributed by atoms with van der Waals surface area (Å²) in [6.07, 6.45) is -0.736. The van der Waals surface area contributed by atoms with E-state index < -0.39 is 23.5 Å². The number of rotatable bonds is 9. The predicted molar refractivity (Wildman–Crippen MR) is 147 cm³/mol. The molecule has 5 nitrogen and oxygen atoms in total. The quantitative estimate of drug-likeness (QED) is 0.193. The lowest BCUT2D eigenvalue weighted by molar-refractivity contribution is -0.137. The molecule has 1 fully saturated rings. The Labute approximate surface area is 237 Å². The van der Waals surface area contributed by atoms with Crippen LogP contribution in [0, 0.1) is 5.92 Å². The molecule has 1 atom stereocenters. The zero-order valence-electron chi connectivity index (χ0n) is 20.8. The van der Waals surface area contributed by atoms with Crippen LogP contribution < -0.4 is 5.32 Å². The number of carboxylic acid groups (broad SMARTS) is 1. The Kier molecular flexibility index (Phi) is 7.87. The zero-order chi connectivity index (χ0) is 28.4. The number of halogens is 4. The molecule has 0 amide bonds. The number of nitrogens with one attached hydrogen (secondary N) is 1. The minimum atomic E-state index is -4.52. The van der Waals surface area contributed by atoms with Crippen molar-refractivity contribution in [1.29, 1.82) is 0 Å². The van der Waals surface area contributed by atoms with Crippen molar-refractivity contribution in [2.45, 2.75) is 34.9 Å². The summed E-state index contributed by atoms with van der Waals surface area (Å²) in [5, 5.41) is 13.9. The summed E-state index contributed by atoms with van der Waals surface area (Å²) in [7, 11) is 0. The van der Waals surface area contributed by atoms with Gasteiger partial charge in [0, 0.05) is 20.4 Å². The predicted octanol–water partition coefficient (Wildman–Crippen LogP) is 8.40. The number of nitrogens with zero attached hydrogens (tertiary/aromatic N) is 1. The molecule has 0 aliphatic heterocycles. The Morgan fingerprint density at radius 2 is 1.75 bits per heavy atom. The number of aromatic carboxylic acids is 1. The smallest absolute Gasteiger partial charge is 0.416 e. The molecule has 0 spiro atoms. The first kappa shape index (κ1) is 27.7. The van der Waals surface area contributed by atoms with Gasteiger partial charge in [-0.3, -0.25) is 9.78 Å². The minimum Gasteiger partial charge on any atom is -0.478 e. The third-order valence-electron chi connectivity index (χ3n) is 6.50. The van der Waals surface area contributed by atoms with Crippen LogP contribution in [0.3, 0.4) is 0 Å². The van der Waals surface area contributed by atoms with Gasteiger partial charge < -0.3 is 10.4 Å². The molecule has 4 aromatic rings. The van der Waals surface area contributed by atoms with Crippen LogP contribution in [0.25, 0.3) is 0 Å². The summed E-state index contributed by atoms with van der Waals surface area (Å²) in [6, 6.07) is 19.8. The van der Waals surface area contributed by atoms with Gasteiger partial charge in [-0.25, -0.2) is 4.79 Å². The molecule has 1 aliphatic carbocycles. The van der Waals surface area contributed by atoms with Gasteiger partial charge in [0.1, 0.15) is 5.69 Å². The molecule has 5 rings (SSSR count). The molecular weight excluding hydrogens is 561 g/mol. The SMILES string of the molecule is O=C(c1ccc(Sc2cccc(C(F)(F)F)c2)c(C(=O)O)c1)c1ccc(NC(c2ccc(Cl)cc2)C2CC2)cn1. The largest absolute Gasteiger partial charge is 0.478 e. The van der Waals surface area contributed by atoms with Crippen LogP contribution >= 0.6 is 23.4 Å². The molecule has 1 aromatic heterocycles. The average Bonchev–Trinajstić information content (AvgIpc) is 3.78. The molecule has 1 saturated carbocycles. The maximum Gasteiger partial charge on any atom is 0.416 e. The Balaban J connectivity index is 1.33. The highest BCUT2D eigenvalue weighted by atomic mass is 35.5. The third kappa shape index (κ3) is 6.48. The number of anilines is 1. The molecule has 3 aromatic carbocycles. The Morgan fingerprint density at radius 1 is 1.00 bits per heavy atom. The highest BCUT2D eigenvalue weighted by molar-refractivity contribution is 7.99. The van der Waals surface area contributed by atoms with Gasteiger partial charge in [-0.15, -0.1) is 0 Å². The van der Waals surface area contributed by atoms with Crippen LogP contribution in [-0.4, -0.2) is 21.8 Å². The maximum absolute atomic E-state index is 13.1. The second-order valence-corrected chi connectivity index (χ2v) is 11.0. The van der Waals surface area contributed by atoms with Gasteiger partial charge in [-0.1, -0.05) is 41.6 Å². The van der Waals surface area contributed by atoms with E-state index in [0.29, 0.717) is 10.9 Å². The van der Waals surface area contributed by atoms with Crippen molar-refractivity contribution in [3.05, 3.63) is 118 Å². The van der Waals surface area contributed by atoms with Gasteiger partial charge in [0.05, 0.1) is 29.1 Å². The molecule has 10 heteroatoms. The average molecular weight is 583 g/mol. The minimum absolute atomic E-state index is 0.0839. The van der Waals surface area contributed by atoms with Gasteiger partial charge in [-0.2, -0.15) is 13.2 Å². The van der Waals surface area contributed by atoms with Gasteiger partial charge in [-0.05, 0) is 85.0 Å². The highest BCUT2D eigenvalue weighted by Gasteiger charge is 2.32. The summed E-state index contributed by atoms with van der Waals surface area (Å²) in [6.45, 7) is 0. The number of aromatic nitrogens is 1. The Hall–Kier alpha value is -3.82. The van der Waals surface area contributed by atoms with E-state index >= 15 is 0 Å². The van der Waals surface area contributed by atoms with E-state index in [4.69, 9.17) is 11.6 Å². The summed E-state index contributed by atoms with van der Waals surface area (Å²) in [5.74, 6) is -1.28. The molecule has 1 heterocycles. The monoisotopic (exact) mass is 582 g/mol. The fraction of sp³-hybridized carbons (Fsp3) is 0.167. The first-order chi connectivity index (χ1) is 19.1. The fourth-order valence-corrected chi connectivity index (χ4v) is 5.41. The fourth-order valence-electron chi connectivity index (χ4n) is 4.30. The van der Waals surface area contributed by atoms with E-state index in [1.807, 2.05) is 24.3 Å². The summed E-state index contributed by atoms with van der Waals surface area (Å²) in [5.41, 5.74) is 1.06. The second kappa shape index (κ2) is 11.3. The number of carbonyl (C=O) groups is 2. The molecule has 0 radical (unpaired) electrons. The number of ketones is 1. The van der Waals surface area contributed by atoms with Crippen molar-refractivity contribution in [2.75, 3.05) is 5.32 Å². The Morgan fingerprint density at radius 3 is 2.38 bits per heavy atom. The van der Waals surface area contributed by atoms with E-state index in [1.165, 1.54) is 30.3 Å². The summed E-state index contributed by atoms with van der Waals surface area (Å²) >= 11 is 6.91. The van der Waals surface area contributed by atoms with Crippen molar-refractivity contribution in [1.82, 2.24) is 4.98 Å². The normalized spacial score (nSPS) is 14.0. The lowest BCUT2D eigenvalue weighted by Gasteiger charge is -2.20. The van der Waals surface area contributed by atoms with Crippen molar-refractivity contribution in [3.63, 3.8) is 0 Å². The topological polar surface area (TPSA) is 79.3 Å². The van der Waals surface area contributed by atoms with E-state index in [2.05, 4.69) is 10.3 Å². The first-order valence-corrected chi connectivity index (χ1v) is 13.5. The van der Waals surface area contributed by atoms with Crippen LogP contribution in [0.1, 0.15) is 56.4 Å². The molecule has 1 unspecified atom stereocenters. The van der Waals surface area contributed by atoms with Gasteiger partial charge >= 0.3 is 12.1 Å². The van der Waals surface area contributed by atoms with Crippen LogP contribution in [0.5, 0.6) is 0 Å². The van der Waals surface area contributed by atoms with Crippen LogP contribution in [-0.2, 0) is 6.18 Å². The Bertz CT molecular complexity index is 1560. The number of carbonyl (C=O) groups excluding carboxylic acids is 1. The number of carboxylic acids is 1. The lowest BCUT2D eigenvalue weighted by Crippen LogP contribution is -2.13. The third-order valence-corrected chi connectivity index (χ3v) is 7.82. The molecule has 0 saturated heterocycles. The van der Waals surface area contributed by atoms with E-state index in [1.54, 1.807) is 18.3 Å². The highest BCUT2D eigenvalue weighted by Crippen LogP contribution is 2.43. The molecule has 40 heavy (non-hydrogen) atoms. The first-order valence-electron chi connectivity index (χ1n) is 12.3. The molecule has 1 aliphatic rings.